The fraction of sp³-hybridized carbons (Fsp3) is 0. The molecule has 0 saturated carbocycles. The standard InChI is InChI=1S/2C12H10.H3N/c2*1-3-7-11(8-4-1)12-9-5-2-6-10-12;/h2*1-10H;1H3. The summed E-state index contributed by atoms with van der Waals surface area (Å²) in [7, 11) is 0. The van der Waals surface area contributed by atoms with Crippen LogP contribution in [0.5, 0.6) is 0 Å². The lowest BCUT2D eigenvalue weighted by molar-refractivity contribution is 1.62. The number of benzene rings is 4. The van der Waals surface area contributed by atoms with Crippen molar-refractivity contribution in [2.75, 3.05) is 0 Å². The second-order valence-electron chi connectivity index (χ2n) is 5.46. The van der Waals surface area contributed by atoms with Crippen LogP contribution >= 0.6 is 0 Å². The SMILES string of the molecule is N.c1ccc(-c2ccccc2)cc1.c1ccc(-c2ccccc2)cc1. The molecule has 3 N–H and O–H groups in total. The van der Waals surface area contributed by atoms with Gasteiger partial charge in [0, 0.05) is 0 Å². The van der Waals surface area contributed by atoms with Gasteiger partial charge in [0.25, 0.3) is 0 Å². The van der Waals surface area contributed by atoms with Gasteiger partial charge in [-0.3, -0.25) is 0 Å². The van der Waals surface area contributed by atoms with Crippen LogP contribution in [0.25, 0.3) is 22.3 Å². The molecule has 124 valence electrons. The van der Waals surface area contributed by atoms with Crippen molar-refractivity contribution in [1.29, 1.82) is 0 Å². The molecular weight excluding hydrogens is 302 g/mol. The first kappa shape index (κ1) is 18.2. The fourth-order valence-corrected chi connectivity index (χ4v) is 2.52. The molecule has 4 aromatic carbocycles. The van der Waals surface area contributed by atoms with Crippen LogP contribution in [0.4, 0.5) is 0 Å². The molecule has 0 bridgehead atoms. The second-order valence-corrected chi connectivity index (χ2v) is 5.46. The third-order valence-corrected chi connectivity index (χ3v) is 3.76. The van der Waals surface area contributed by atoms with Gasteiger partial charge >= 0.3 is 0 Å². The lowest BCUT2D eigenvalue weighted by Gasteiger charge is -1.98. The van der Waals surface area contributed by atoms with Crippen molar-refractivity contribution in [1.82, 2.24) is 6.15 Å². The summed E-state index contributed by atoms with van der Waals surface area (Å²) in [5.74, 6) is 0. The fourth-order valence-electron chi connectivity index (χ4n) is 2.52. The van der Waals surface area contributed by atoms with Crippen LogP contribution in [0.3, 0.4) is 0 Å². The molecule has 25 heavy (non-hydrogen) atoms. The molecule has 0 atom stereocenters. The van der Waals surface area contributed by atoms with Crippen molar-refractivity contribution in [2.45, 2.75) is 0 Å². The van der Waals surface area contributed by atoms with E-state index in [1.54, 1.807) is 0 Å². The molecule has 0 spiro atoms. The van der Waals surface area contributed by atoms with Gasteiger partial charge in [-0.15, -0.1) is 0 Å². The largest absolute Gasteiger partial charge is 0.344 e. The maximum absolute atomic E-state index is 2.12. The normalized spacial score (nSPS) is 9.28. The van der Waals surface area contributed by atoms with Crippen LogP contribution in [-0.2, 0) is 0 Å². The Hall–Kier alpha value is -3.16. The van der Waals surface area contributed by atoms with E-state index >= 15 is 0 Å². The molecule has 0 unspecified atom stereocenters. The Morgan fingerprint density at radius 2 is 0.400 bits per heavy atom. The number of rotatable bonds is 2. The highest BCUT2D eigenvalue weighted by molar-refractivity contribution is 5.63. The van der Waals surface area contributed by atoms with E-state index in [4.69, 9.17) is 0 Å². The molecule has 0 saturated heterocycles. The van der Waals surface area contributed by atoms with Gasteiger partial charge in [-0.25, -0.2) is 0 Å². The Balaban J connectivity index is 0.000000173. The van der Waals surface area contributed by atoms with Crippen molar-refractivity contribution >= 4 is 0 Å². The highest BCUT2D eigenvalue weighted by Crippen LogP contribution is 2.18. The third kappa shape index (κ3) is 5.45. The van der Waals surface area contributed by atoms with E-state index in [1.165, 1.54) is 22.3 Å². The first-order valence-corrected chi connectivity index (χ1v) is 8.14. The average Bonchev–Trinajstić information content (AvgIpc) is 2.71. The summed E-state index contributed by atoms with van der Waals surface area (Å²) < 4.78 is 0. The quantitative estimate of drug-likeness (QED) is 0.429. The van der Waals surface area contributed by atoms with Gasteiger partial charge in [0.15, 0.2) is 0 Å². The predicted octanol–water partition coefficient (Wildman–Crippen LogP) is 6.87. The molecule has 0 aliphatic carbocycles. The van der Waals surface area contributed by atoms with E-state index in [1.807, 2.05) is 24.3 Å². The van der Waals surface area contributed by atoms with Crippen molar-refractivity contribution in [3.05, 3.63) is 121 Å². The Morgan fingerprint density at radius 3 is 0.560 bits per heavy atom. The Kier molecular flexibility index (Phi) is 7.17. The molecule has 0 fully saturated rings. The van der Waals surface area contributed by atoms with Gasteiger partial charge in [0.1, 0.15) is 0 Å². The lowest BCUT2D eigenvalue weighted by atomic mass is 10.1. The zero-order valence-electron chi connectivity index (χ0n) is 14.3. The Labute approximate surface area is 150 Å². The molecular formula is C24H23N. The van der Waals surface area contributed by atoms with E-state index in [0.29, 0.717) is 0 Å². The minimum Gasteiger partial charge on any atom is -0.344 e. The van der Waals surface area contributed by atoms with Gasteiger partial charge in [-0.2, -0.15) is 0 Å². The molecule has 0 radical (unpaired) electrons. The molecule has 0 amide bonds. The van der Waals surface area contributed by atoms with Crippen LogP contribution < -0.4 is 6.15 Å². The van der Waals surface area contributed by atoms with E-state index < -0.39 is 0 Å². The first-order chi connectivity index (χ1) is 11.9. The van der Waals surface area contributed by atoms with Crippen LogP contribution in [0.1, 0.15) is 0 Å². The van der Waals surface area contributed by atoms with Crippen molar-refractivity contribution in [2.24, 2.45) is 0 Å². The van der Waals surface area contributed by atoms with Crippen LogP contribution in [0, 0.1) is 0 Å². The lowest BCUT2D eigenvalue weighted by Crippen LogP contribution is -1.73. The molecule has 1 nitrogen and oxygen atoms in total. The summed E-state index contributed by atoms with van der Waals surface area (Å²) in [4.78, 5) is 0. The Bertz CT molecular complexity index is 676. The highest BCUT2D eigenvalue weighted by atomic mass is 14.0. The van der Waals surface area contributed by atoms with Gasteiger partial charge in [-0.1, -0.05) is 121 Å². The zero-order valence-corrected chi connectivity index (χ0v) is 14.3. The minimum atomic E-state index is 0. The summed E-state index contributed by atoms with van der Waals surface area (Å²) in [5, 5.41) is 0. The average molecular weight is 325 g/mol. The topological polar surface area (TPSA) is 35.0 Å². The van der Waals surface area contributed by atoms with Gasteiger partial charge < -0.3 is 6.15 Å². The number of hydrogen-bond acceptors (Lipinski definition) is 1. The highest BCUT2D eigenvalue weighted by Gasteiger charge is 1.92. The van der Waals surface area contributed by atoms with Crippen LogP contribution in [0.15, 0.2) is 121 Å². The molecule has 0 aliphatic heterocycles. The van der Waals surface area contributed by atoms with Crippen molar-refractivity contribution < 1.29 is 0 Å². The smallest absolute Gasteiger partial charge is 0.0184 e. The number of hydrogen-bond donors (Lipinski definition) is 1. The van der Waals surface area contributed by atoms with E-state index in [0.717, 1.165) is 0 Å². The maximum atomic E-state index is 2.12. The van der Waals surface area contributed by atoms with Crippen molar-refractivity contribution in [3.63, 3.8) is 0 Å². The summed E-state index contributed by atoms with van der Waals surface area (Å²) in [6.45, 7) is 0. The van der Waals surface area contributed by atoms with Crippen LogP contribution in [0.2, 0.25) is 0 Å². The minimum absolute atomic E-state index is 0. The van der Waals surface area contributed by atoms with E-state index in [9.17, 15) is 0 Å². The molecule has 1 heteroatoms. The third-order valence-electron chi connectivity index (χ3n) is 3.76. The summed E-state index contributed by atoms with van der Waals surface area (Å²) >= 11 is 0. The molecule has 0 aliphatic rings. The van der Waals surface area contributed by atoms with Gasteiger partial charge in [0.2, 0.25) is 0 Å². The monoisotopic (exact) mass is 325 g/mol. The predicted molar refractivity (Wildman–Crippen MR) is 109 cm³/mol. The molecule has 0 heterocycles. The summed E-state index contributed by atoms with van der Waals surface area (Å²) in [5.41, 5.74) is 5.10. The van der Waals surface area contributed by atoms with Gasteiger partial charge in [0.05, 0.1) is 0 Å². The first-order valence-electron chi connectivity index (χ1n) is 8.14. The maximum Gasteiger partial charge on any atom is -0.0184 e. The summed E-state index contributed by atoms with van der Waals surface area (Å²) in [6.07, 6.45) is 0. The van der Waals surface area contributed by atoms with Gasteiger partial charge in [-0.05, 0) is 22.3 Å². The second kappa shape index (κ2) is 9.86. The Morgan fingerprint density at radius 1 is 0.240 bits per heavy atom. The van der Waals surface area contributed by atoms with E-state index in [-0.39, 0.29) is 6.15 Å². The molecule has 4 aromatic rings. The van der Waals surface area contributed by atoms with E-state index in [2.05, 4.69) is 97.1 Å². The van der Waals surface area contributed by atoms with Crippen LogP contribution in [-0.4, -0.2) is 0 Å². The summed E-state index contributed by atoms with van der Waals surface area (Å²) in [6, 6.07) is 41.6. The van der Waals surface area contributed by atoms with Crippen molar-refractivity contribution in [3.8, 4) is 22.3 Å². The molecule has 0 aromatic heterocycles. The molecule has 4 rings (SSSR count). The zero-order chi connectivity index (χ0) is 16.5.